The second-order valence-electron chi connectivity index (χ2n) is 12.1. The fourth-order valence-corrected chi connectivity index (χ4v) is 6.92. The van der Waals surface area contributed by atoms with E-state index < -0.39 is 5.91 Å². The number of imidazole rings is 1. The summed E-state index contributed by atoms with van der Waals surface area (Å²) < 4.78 is 7.48. The highest BCUT2D eigenvalue weighted by Crippen LogP contribution is 2.41. The Kier molecular flexibility index (Phi) is 10.5. The quantitative estimate of drug-likeness (QED) is 0.182. The van der Waals surface area contributed by atoms with Crippen LogP contribution in [0.15, 0.2) is 48.7 Å². The molecular formula is C35H38Cl2N8O4. The van der Waals surface area contributed by atoms with Crippen LogP contribution in [0.1, 0.15) is 40.4 Å². The van der Waals surface area contributed by atoms with Gasteiger partial charge in [-0.15, -0.1) is 0 Å². The molecule has 12 nitrogen and oxygen atoms in total. The fraction of sp³-hybridized carbons (Fsp3) is 0.343. The van der Waals surface area contributed by atoms with Gasteiger partial charge in [-0.2, -0.15) is 0 Å². The lowest BCUT2D eigenvalue weighted by Gasteiger charge is -2.26. The van der Waals surface area contributed by atoms with E-state index in [0.29, 0.717) is 83.0 Å². The van der Waals surface area contributed by atoms with Gasteiger partial charge in [0.25, 0.3) is 5.91 Å². The number of ether oxygens (including phenoxy) is 1. The number of aromatic nitrogens is 3. The van der Waals surface area contributed by atoms with Crippen molar-refractivity contribution in [2.45, 2.75) is 38.4 Å². The second kappa shape index (κ2) is 15.0. The van der Waals surface area contributed by atoms with Gasteiger partial charge in [0, 0.05) is 79.7 Å². The molecule has 4 N–H and O–H groups in total. The van der Waals surface area contributed by atoms with Crippen molar-refractivity contribution in [2.24, 2.45) is 7.05 Å². The first-order valence-corrected chi connectivity index (χ1v) is 16.8. The summed E-state index contributed by atoms with van der Waals surface area (Å²) in [6.07, 6.45) is 3.66. The van der Waals surface area contributed by atoms with E-state index in [1.165, 1.54) is 0 Å². The SMILES string of the molecule is CNCC(=O)N1CCc2c(nc(C(=O)Nc3cccc(-c4ccnc(-c5ccc(CNC[C@@H]6CCC(=O)N6)c(OC)c5)c4Cl)c3Cl)n2C)C1. The molecule has 2 aliphatic heterocycles. The van der Waals surface area contributed by atoms with Crippen LogP contribution in [-0.4, -0.2) is 77.0 Å². The Bertz CT molecular complexity index is 1910. The topological polar surface area (TPSA) is 143 Å². The van der Waals surface area contributed by atoms with Gasteiger partial charge >= 0.3 is 0 Å². The number of anilines is 1. The minimum atomic E-state index is -0.416. The van der Waals surface area contributed by atoms with E-state index in [9.17, 15) is 14.4 Å². The molecule has 256 valence electrons. The molecule has 0 spiro atoms. The van der Waals surface area contributed by atoms with Crippen molar-refractivity contribution in [1.29, 1.82) is 0 Å². The van der Waals surface area contributed by atoms with Gasteiger partial charge < -0.3 is 35.5 Å². The van der Waals surface area contributed by atoms with Gasteiger partial charge in [0.2, 0.25) is 11.8 Å². The molecule has 4 heterocycles. The first-order valence-electron chi connectivity index (χ1n) is 16.1. The van der Waals surface area contributed by atoms with Crippen LogP contribution in [0.25, 0.3) is 22.4 Å². The third kappa shape index (κ3) is 7.28. The summed E-state index contributed by atoms with van der Waals surface area (Å²) in [7, 11) is 5.15. The summed E-state index contributed by atoms with van der Waals surface area (Å²) in [5, 5.41) is 12.9. The average molecular weight is 706 g/mol. The number of pyridine rings is 1. The van der Waals surface area contributed by atoms with Gasteiger partial charge in [-0.05, 0) is 31.7 Å². The Hall–Kier alpha value is -4.49. The van der Waals surface area contributed by atoms with Gasteiger partial charge in [0.1, 0.15) is 5.75 Å². The number of amides is 3. The molecule has 0 saturated carbocycles. The van der Waals surface area contributed by atoms with E-state index in [1.54, 1.807) is 55.1 Å². The molecule has 2 aromatic carbocycles. The molecule has 49 heavy (non-hydrogen) atoms. The van der Waals surface area contributed by atoms with Crippen molar-refractivity contribution >= 4 is 46.6 Å². The number of likely N-dealkylation sites (N-methyl/N-ethyl adjacent to an activating group) is 1. The number of nitrogens with zero attached hydrogens (tertiary/aromatic N) is 4. The largest absolute Gasteiger partial charge is 0.496 e. The average Bonchev–Trinajstić information content (AvgIpc) is 3.67. The molecule has 0 aliphatic carbocycles. The molecular weight excluding hydrogens is 667 g/mol. The number of benzene rings is 2. The summed E-state index contributed by atoms with van der Waals surface area (Å²) in [6, 6.07) is 13.1. The molecule has 2 aliphatic rings. The third-order valence-corrected chi connectivity index (χ3v) is 9.71. The van der Waals surface area contributed by atoms with E-state index >= 15 is 0 Å². The van der Waals surface area contributed by atoms with Crippen LogP contribution in [-0.2, 0) is 36.1 Å². The highest BCUT2D eigenvalue weighted by molar-refractivity contribution is 6.39. The van der Waals surface area contributed by atoms with Crippen molar-refractivity contribution in [3.8, 4) is 28.1 Å². The van der Waals surface area contributed by atoms with Crippen LogP contribution in [0.5, 0.6) is 5.75 Å². The molecule has 6 rings (SSSR count). The molecule has 0 bridgehead atoms. The second-order valence-corrected chi connectivity index (χ2v) is 12.8. The molecule has 1 atom stereocenters. The lowest BCUT2D eigenvalue weighted by atomic mass is 10.0. The number of fused-ring (bicyclic) bond motifs is 1. The van der Waals surface area contributed by atoms with Gasteiger partial charge in [-0.1, -0.05) is 47.5 Å². The van der Waals surface area contributed by atoms with Crippen LogP contribution in [0, 0.1) is 0 Å². The number of carbonyl (C=O) groups is 3. The first kappa shape index (κ1) is 34.4. The molecule has 1 fully saturated rings. The van der Waals surface area contributed by atoms with Crippen molar-refractivity contribution < 1.29 is 19.1 Å². The summed E-state index contributed by atoms with van der Waals surface area (Å²) in [6.45, 7) is 2.40. The molecule has 0 radical (unpaired) electrons. The fourth-order valence-electron chi connectivity index (χ4n) is 6.32. The zero-order valence-electron chi connectivity index (χ0n) is 27.5. The summed E-state index contributed by atoms with van der Waals surface area (Å²) in [4.78, 5) is 48.3. The standard InChI is InChI=1S/C35H38Cl2N8O4/c1-38-18-30(47)45-14-12-27-26(19-45)42-34(44(27)2)35(48)43-25-6-4-5-23(31(25)36)24-11-13-40-33(32(24)37)20-7-8-21(28(15-20)49-3)16-39-17-22-9-10-29(46)41-22/h4-8,11,13,15,22,38-39H,9-10,12,14,16-19H2,1-3H3,(H,41,46)(H,43,48)/t22-/m0/s1. The normalized spacial score (nSPS) is 15.6. The highest BCUT2D eigenvalue weighted by atomic mass is 35.5. The molecule has 0 unspecified atom stereocenters. The Morgan fingerprint density at radius 2 is 1.92 bits per heavy atom. The maximum atomic E-state index is 13.5. The number of hydrogen-bond acceptors (Lipinski definition) is 8. The maximum Gasteiger partial charge on any atom is 0.291 e. The minimum Gasteiger partial charge on any atom is -0.496 e. The van der Waals surface area contributed by atoms with E-state index in [4.69, 9.17) is 27.9 Å². The van der Waals surface area contributed by atoms with Crippen molar-refractivity contribution in [2.75, 3.05) is 39.1 Å². The van der Waals surface area contributed by atoms with Crippen LogP contribution < -0.4 is 26.0 Å². The van der Waals surface area contributed by atoms with Gasteiger partial charge in [-0.25, -0.2) is 4.98 Å². The van der Waals surface area contributed by atoms with Crippen LogP contribution >= 0.6 is 23.2 Å². The summed E-state index contributed by atoms with van der Waals surface area (Å²) in [5.41, 5.74) is 5.59. The van der Waals surface area contributed by atoms with Crippen LogP contribution in [0.4, 0.5) is 5.69 Å². The molecule has 4 aromatic rings. The number of methoxy groups -OCH3 is 1. The van der Waals surface area contributed by atoms with Gasteiger partial charge in [-0.3, -0.25) is 19.4 Å². The monoisotopic (exact) mass is 704 g/mol. The number of nitrogens with one attached hydrogen (secondary N) is 4. The molecule has 14 heteroatoms. The minimum absolute atomic E-state index is 0.0111. The first-order chi connectivity index (χ1) is 23.7. The number of hydrogen-bond donors (Lipinski definition) is 4. The zero-order chi connectivity index (χ0) is 34.7. The van der Waals surface area contributed by atoms with Crippen molar-refractivity contribution in [3.05, 3.63) is 81.5 Å². The third-order valence-electron chi connectivity index (χ3n) is 8.92. The highest BCUT2D eigenvalue weighted by Gasteiger charge is 2.28. The molecule has 3 amide bonds. The Morgan fingerprint density at radius 1 is 1.10 bits per heavy atom. The Labute approximate surface area is 294 Å². The number of rotatable bonds is 11. The van der Waals surface area contributed by atoms with Gasteiger partial charge in [0.05, 0.1) is 47.3 Å². The van der Waals surface area contributed by atoms with E-state index in [-0.39, 0.29) is 30.2 Å². The summed E-state index contributed by atoms with van der Waals surface area (Å²) >= 11 is 13.9. The smallest absolute Gasteiger partial charge is 0.291 e. The Morgan fingerprint density at radius 3 is 2.67 bits per heavy atom. The molecule has 1 saturated heterocycles. The van der Waals surface area contributed by atoms with Gasteiger partial charge in [0.15, 0.2) is 5.82 Å². The van der Waals surface area contributed by atoms with E-state index in [0.717, 1.165) is 23.2 Å². The number of carbonyl (C=O) groups excluding carboxylic acids is 3. The predicted octanol–water partition coefficient (Wildman–Crippen LogP) is 4.19. The predicted molar refractivity (Wildman–Crippen MR) is 189 cm³/mol. The number of halogens is 2. The lowest BCUT2D eigenvalue weighted by molar-refractivity contribution is -0.131. The van der Waals surface area contributed by atoms with E-state index in [2.05, 4.69) is 31.2 Å². The van der Waals surface area contributed by atoms with Crippen LogP contribution in [0.2, 0.25) is 10.0 Å². The van der Waals surface area contributed by atoms with E-state index in [1.807, 2.05) is 24.3 Å². The van der Waals surface area contributed by atoms with Crippen LogP contribution in [0.3, 0.4) is 0 Å². The van der Waals surface area contributed by atoms with Crippen molar-refractivity contribution in [3.63, 3.8) is 0 Å². The lowest BCUT2D eigenvalue weighted by Crippen LogP contribution is -2.40. The molecule has 2 aromatic heterocycles. The summed E-state index contributed by atoms with van der Waals surface area (Å²) in [5.74, 6) is 0.577. The van der Waals surface area contributed by atoms with Crippen molar-refractivity contribution in [1.82, 2.24) is 35.4 Å². The maximum absolute atomic E-state index is 13.5. The zero-order valence-corrected chi connectivity index (χ0v) is 29.0. The Balaban J connectivity index is 1.20.